The molecule has 0 saturated carbocycles. The lowest BCUT2D eigenvalue weighted by Gasteiger charge is -1.90. The van der Waals surface area contributed by atoms with E-state index in [2.05, 4.69) is 20.3 Å². The zero-order chi connectivity index (χ0) is 7.84. The van der Waals surface area contributed by atoms with Crippen LogP contribution >= 0.6 is 0 Å². The van der Waals surface area contributed by atoms with Gasteiger partial charge in [-0.1, -0.05) is 5.21 Å². The quantitative estimate of drug-likeness (QED) is 0.531. The van der Waals surface area contributed by atoms with Crippen molar-refractivity contribution in [3.8, 4) is 0 Å². The van der Waals surface area contributed by atoms with Crippen LogP contribution in [-0.2, 0) is 7.05 Å². The van der Waals surface area contributed by atoms with Gasteiger partial charge in [0.25, 0.3) is 0 Å². The second-order valence-electron chi connectivity index (χ2n) is 2.34. The Morgan fingerprint density at radius 1 is 1.36 bits per heavy atom. The monoisotopic (exact) mass is 149 g/mol. The van der Waals surface area contributed by atoms with Gasteiger partial charge in [0.15, 0.2) is 11.2 Å². The molecule has 2 heterocycles. The fourth-order valence-electron chi connectivity index (χ4n) is 0.962. The van der Waals surface area contributed by atoms with Gasteiger partial charge in [0.2, 0.25) is 0 Å². The second kappa shape index (κ2) is 1.98. The van der Waals surface area contributed by atoms with Crippen LogP contribution in [0.15, 0.2) is 6.33 Å². The molecule has 0 bridgehead atoms. The van der Waals surface area contributed by atoms with Crippen LogP contribution in [0.5, 0.6) is 0 Å². The summed E-state index contributed by atoms with van der Waals surface area (Å²) in [6, 6.07) is 0. The topological polar surface area (TPSA) is 56.5 Å². The lowest BCUT2D eigenvalue weighted by atomic mass is 10.4. The fourth-order valence-corrected chi connectivity index (χ4v) is 0.962. The summed E-state index contributed by atoms with van der Waals surface area (Å²) in [6.07, 6.45) is 1.51. The van der Waals surface area contributed by atoms with Crippen molar-refractivity contribution in [1.29, 1.82) is 0 Å². The maximum atomic E-state index is 4.03. The molecular weight excluding hydrogens is 142 g/mol. The summed E-state index contributed by atoms with van der Waals surface area (Å²) in [5.41, 5.74) is 2.41. The summed E-state index contributed by atoms with van der Waals surface area (Å²) in [7, 11) is 1.81. The Hall–Kier alpha value is -1.52. The van der Waals surface area contributed by atoms with E-state index in [1.807, 2.05) is 14.0 Å². The zero-order valence-corrected chi connectivity index (χ0v) is 6.31. The Balaban J connectivity index is 2.94. The highest BCUT2D eigenvalue weighted by molar-refractivity contribution is 5.71. The minimum absolute atomic E-state index is 0.773. The summed E-state index contributed by atoms with van der Waals surface area (Å²) < 4.78 is 1.63. The van der Waals surface area contributed by atoms with Crippen molar-refractivity contribution in [3.63, 3.8) is 0 Å². The third-order valence-corrected chi connectivity index (χ3v) is 1.57. The summed E-state index contributed by atoms with van der Waals surface area (Å²) in [6.45, 7) is 1.89. The van der Waals surface area contributed by atoms with Gasteiger partial charge < -0.3 is 0 Å². The Morgan fingerprint density at radius 3 is 2.91 bits per heavy atom. The smallest absolute Gasteiger partial charge is 0.181 e. The van der Waals surface area contributed by atoms with Crippen LogP contribution in [0, 0.1) is 6.92 Å². The first kappa shape index (κ1) is 6.21. The lowest BCUT2D eigenvalue weighted by Crippen LogP contribution is -1.92. The summed E-state index contributed by atoms with van der Waals surface area (Å²) in [5.74, 6) is 0. The van der Waals surface area contributed by atoms with Gasteiger partial charge in [-0.05, 0) is 6.92 Å². The minimum atomic E-state index is 0.773. The number of aromatic nitrogens is 5. The van der Waals surface area contributed by atoms with Gasteiger partial charge in [-0.15, -0.1) is 5.10 Å². The molecule has 0 atom stereocenters. The van der Waals surface area contributed by atoms with E-state index in [0.29, 0.717) is 0 Å². The molecule has 0 N–H and O–H groups in total. The number of hydrogen-bond donors (Lipinski definition) is 0. The Bertz CT molecular complexity index is 391. The molecule has 2 aromatic rings. The maximum Gasteiger partial charge on any atom is 0.181 e. The van der Waals surface area contributed by atoms with E-state index in [-0.39, 0.29) is 0 Å². The number of aryl methyl sites for hydroxylation is 2. The molecule has 0 aliphatic heterocycles. The predicted octanol–water partition coefficient (Wildman–Crippen LogP) is 0.0667. The first-order valence-corrected chi connectivity index (χ1v) is 3.26. The highest BCUT2D eigenvalue weighted by Crippen LogP contribution is 2.07. The summed E-state index contributed by atoms with van der Waals surface area (Å²) >= 11 is 0. The lowest BCUT2D eigenvalue weighted by molar-refractivity contribution is 0.729. The molecule has 0 aliphatic carbocycles. The molecule has 5 heteroatoms. The van der Waals surface area contributed by atoms with Crippen molar-refractivity contribution in [1.82, 2.24) is 25.0 Å². The standard InChI is InChI=1S/C6H7N5/c1-4-5-6(8-3-7-4)11(2)10-9-5/h3H,1-2H3. The normalized spacial score (nSPS) is 10.7. The van der Waals surface area contributed by atoms with Crippen LogP contribution in [0.1, 0.15) is 5.69 Å². The van der Waals surface area contributed by atoms with E-state index in [9.17, 15) is 0 Å². The summed E-state index contributed by atoms with van der Waals surface area (Å²) in [4.78, 5) is 8.02. The van der Waals surface area contributed by atoms with Crippen LogP contribution in [-0.4, -0.2) is 25.0 Å². The van der Waals surface area contributed by atoms with Crippen LogP contribution in [0.3, 0.4) is 0 Å². The van der Waals surface area contributed by atoms with E-state index in [4.69, 9.17) is 0 Å². The van der Waals surface area contributed by atoms with Crippen LogP contribution in [0.4, 0.5) is 0 Å². The van der Waals surface area contributed by atoms with Gasteiger partial charge in [0, 0.05) is 7.05 Å². The molecule has 0 amide bonds. The highest BCUT2D eigenvalue weighted by Gasteiger charge is 2.04. The van der Waals surface area contributed by atoms with E-state index < -0.39 is 0 Å². The molecule has 0 radical (unpaired) electrons. The number of fused-ring (bicyclic) bond motifs is 1. The van der Waals surface area contributed by atoms with Crippen molar-refractivity contribution < 1.29 is 0 Å². The third kappa shape index (κ3) is 0.772. The molecular formula is C6H7N5. The van der Waals surface area contributed by atoms with E-state index in [1.165, 1.54) is 6.33 Å². The van der Waals surface area contributed by atoms with Gasteiger partial charge >= 0.3 is 0 Å². The number of rotatable bonds is 0. The predicted molar refractivity (Wildman–Crippen MR) is 38.8 cm³/mol. The van der Waals surface area contributed by atoms with Crippen molar-refractivity contribution in [2.45, 2.75) is 6.92 Å². The van der Waals surface area contributed by atoms with Crippen molar-refractivity contribution >= 4 is 11.2 Å². The van der Waals surface area contributed by atoms with E-state index >= 15 is 0 Å². The first-order valence-electron chi connectivity index (χ1n) is 3.26. The van der Waals surface area contributed by atoms with Crippen LogP contribution in [0.2, 0.25) is 0 Å². The maximum absolute atomic E-state index is 4.03. The number of hydrogen-bond acceptors (Lipinski definition) is 4. The third-order valence-electron chi connectivity index (χ3n) is 1.57. The van der Waals surface area contributed by atoms with Crippen molar-refractivity contribution in [3.05, 3.63) is 12.0 Å². The number of nitrogens with zero attached hydrogens (tertiary/aromatic N) is 5. The Morgan fingerprint density at radius 2 is 2.18 bits per heavy atom. The SMILES string of the molecule is Cc1ncnc2c1nnn2C. The van der Waals surface area contributed by atoms with Crippen molar-refractivity contribution in [2.75, 3.05) is 0 Å². The van der Waals surface area contributed by atoms with Gasteiger partial charge in [-0.25, -0.2) is 14.6 Å². The van der Waals surface area contributed by atoms with Gasteiger partial charge in [-0.2, -0.15) is 0 Å². The van der Waals surface area contributed by atoms with E-state index in [0.717, 1.165) is 16.9 Å². The molecule has 11 heavy (non-hydrogen) atoms. The molecule has 2 aromatic heterocycles. The molecule has 2 rings (SSSR count). The fraction of sp³-hybridized carbons (Fsp3) is 0.333. The van der Waals surface area contributed by atoms with Crippen molar-refractivity contribution in [2.24, 2.45) is 7.05 Å². The minimum Gasteiger partial charge on any atom is -0.239 e. The van der Waals surface area contributed by atoms with Gasteiger partial charge in [0.05, 0.1) is 5.69 Å². The van der Waals surface area contributed by atoms with Crippen LogP contribution in [0.25, 0.3) is 11.2 Å². The Labute approximate surface area is 63.1 Å². The molecule has 56 valence electrons. The summed E-state index contributed by atoms with van der Waals surface area (Å²) in [5, 5.41) is 7.73. The second-order valence-corrected chi connectivity index (χ2v) is 2.34. The molecule has 5 nitrogen and oxygen atoms in total. The largest absolute Gasteiger partial charge is 0.239 e. The molecule has 0 aromatic carbocycles. The zero-order valence-electron chi connectivity index (χ0n) is 6.31. The highest BCUT2D eigenvalue weighted by atomic mass is 15.4. The van der Waals surface area contributed by atoms with Crippen LogP contribution < -0.4 is 0 Å². The molecule has 0 fully saturated rings. The molecule has 0 saturated heterocycles. The molecule has 0 spiro atoms. The first-order chi connectivity index (χ1) is 5.29. The van der Waals surface area contributed by atoms with Gasteiger partial charge in [0.1, 0.15) is 6.33 Å². The van der Waals surface area contributed by atoms with E-state index in [1.54, 1.807) is 4.68 Å². The average Bonchev–Trinajstić information content (AvgIpc) is 2.35. The Kier molecular flexibility index (Phi) is 1.12. The molecule has 0 unspecified atom stereocenters. The average molecular weight is 149 g/mol. The molecule has 0 aliphatic rings. The van der Waals surface area contributed by atoms with Gasteiger partial charge in [-0.3, -0.25) is 0 Å².